The summed E-state index contributed by atoms with van der Waals surface area (Å²) < 4.78 is 5.69. The minimum atomic E-state index is -0.548. The van der Waals surface area contributed by atoms with Gasteiger partial charge in [0.1, 0.15) is 5.60 Å². The molecule has 86 valence electrons. The molecule has 16 heavy (non-hydrogen) atoms. The highest BCUT2D eigenvalue weighted by Crippen LogP contribution is 2.23. The zero-order valence-electron chi connectivity index (χ0n) is 9.41. The molecule has 0 aliphatic heterocycles. The Morgan fingerprint density at radius 2 is 2.00 bits per heavy atom. The Kier molecular flexibility index (Phi) is 3.86. The van der Waals surface area contributed by atoms with Gasteiger partial charge in [-0.3, -0.25) is 4.79 Å². The lowest BCUT2D eigenvalue weighted by Crippen LogP contribution is -2.24. The first kappa shape index (κ1) is 12.9. The number of esters is 1. The molecular formula is C12H13BrO3. The molecule has 0 aromatic heterocycles. The number of hydrogen-bond donors (Lipinski definition) is 0. The van der Waals surface area contributed by atoms with Gasteiger partial charge in [-0.1, -0.05) is 12.1 Å². The van der Waals surface area contributed by atoms with Crippen LogP contribution in [-0.2, 0) is 4.74 Å². The van der Waals surface area contributed by atoms with Gasteiger partial charge in [-0.2, -0.15) is 0 Å². The van der Waals surface area contributed by atoms with E-state index in [4.69, 9.17) is 4.74 Å². The van der Waals surface area contributed by atoms with Crippen molar-refractivity contribution in [2.45, 2.75) is 26.4 Å². The van der Waals surface area contributed by atoms with Gasteiger partial charge < -0.3 is 4.74 Å². The molecule has 0 amide bonds. The lowest BCUT2D eigenvalue weighted by molar-refractivity contribution is 0.00685. The number of rotatable bonds is 2. The molecule has 0 radical (unpaired) electrons. The van der Waals surface area contributed by atoms with Crippen LogP contribution in [-0.4, -0.2) is 17.9 Å². The molecule has 0 aliphatic carbocycles. The second-order valence-corrected chi connectivity index (χ2v) is 5.12. The quantitative estimate of drug-likeness (QED) is 0.619. The molecule has 0 saturated heterocycles. The van der Waals surface area contributed by atoms with Gasteiger partial charge >= 0.3 is 5.97 Å². The minimum absolute atomic E-state index is 0.361. The summed E-state index contributed by atoms with van der Waals surface area (Å²) in [5, 5.41) is 0. The van der Waals surface area contributed by atoms with Gasteiger partial charge in [0.05, 0.1) is 5.56 Å². The van der Waals surface area contributed by atoms with E-state index in [9.17, 15) is 9.59 Å². The summed E-state index contributed by atoms with van der Waals surface area (Å²) in [6.45, 7) is 5.38. The lowest BCUT2D eigenvalue weighted by atomic mass is 10.1. The third-order valence-corrected chi connectivity index (χ3v) is 2.66. The average Bonchev–Trinajstić information content (AvgIpc) is 2.15. The van der Waals surface area contributed by atoms with Crippen molar-refractivity contribution in [3.63, 3.8) is 0 Å². The van der Waals surface area contributed by atoms with E-state index >= 15 is 0 Å². The van der Waals surface area contributed by atoms with Crippen molar-refractivity contribution >= 4 is 28.2 Å². The molecule has 4 heteroatoms. The summed E-state index contributed by atoms with van der Waals surface area (Å²) in [6, 6.07) is 4.89. The third kappa shape index (κ3) is 3.17. The molecule has 0 bridgehead atoms. The number of halogens is 1. The highest BCUT2D eigenvalue weighted by Gasteiger charge is 2.20. The van der Waals surface area contributed by atoms with Crippen LogP contribution in [0, 0.1) is 0 Å². The van der Waals surface area contributed by atoms with Crippen molar-refractivity contribution in [3.05, 3.63) is 33.8 Å². The van der Waals surface area contributed by atoms with E-state index < -0.39 is 11.6 Å². The molecule has 0 spiro atoms. The standard InChI is InChI=1S/C12H13BrO3/c1-12(2,3)16-11(15)9-6-4-5-8(7-14)10(9)13/h4-7H,1-3H3. The molecule has 0 fully saturated rings. The Bertz CT molecular complexity index is 419. The molecule has 1 aromatic rings. The number of hydrogen-bond acceptors (Lipinski definition) is 3. The Labute approximate surface area is 103 Å². The Balaban J connectivity index is 3.05. The van der Waals surface area contributed by atoms with Crippen molar-refractivity contribution in [2.75, 3.05) is 0 Å². The molecule has 0 heterocycles. The normalized spacial score (nSPS) is 11.0. The van der Waals surface area contributed by atoms with Gasteiger partial charge in [0.15, 0.2) is 6.29 Å². The van der Waals surface area contributed by atoms with Crippen LogP contribution < -0.4 is 0 Å². The van der Waals surface area contributed by atoms with Crippen molar-refractivity contribution in [1.82, 2.24) is 0 Å². The maximum atomic E-state index is 11.8. The van der Waals surface area contributed by atoms with Crippen LogP contribution in [0.3, 0.4) is 0 Å². The van der Waals surface area contributed by atoms with Crippen LogP contribution in [0.15, 0.2) is 22.7 Å². The Morgan fingerprint density at radius 3 is 2.50 bits per heavy atom. The van der Waals surface area contributed by atoms with Gasteiger partial charge in [-0.05, 0) is 42.8 Å². The van der Waals surface area contributed by atoms with Crippen molar-refractivity contribution < 1.29 is 14.3 Å². The molecule has 0 unspecified atom stereocenters. The summed E-state index contributed by atoms with van der Waals surface area (Å²) in [5.74, 6) is -0.442. The molecule has 0 saturated carbocycles. The molecule has 0 atom stereocenters. The van der Waals surface area contributed by atoms with Crippen molar-refractivity contribution in [3.8, 4) is 0 Å². The highest BCUT2D eigenvalue weighted by molar-refractivity contribution is 9.10. The number of carbonyl (C=O) groups excluding carboxylic acids is 2. The number of benzene rings is 1. The van der Waals surface area contributed by atoms with E-state index in [-0.39, 0.29) is 0 Å². The highest BCUT2D eigenvalue weighted by atomic mass is 79.9. The van der Waals surface area contributed by atoms with Crippen LogP contribution in [0.5, 0.6) is 0 Å². The van der Waals surface area contributed by atoms with Crippen LogP contribution in [0.1, 0.15) is 41.5 Å². The first-order valence-electron chi connectivity index (χ1n) is 4.82. The summed E-state index contributed by atoms with van der Waals surface area (Å²) in [5.41, 5.74) is 0.246. The molecule has 3 nitrogen and oxygen atoms in total. The summed E-state index contributed by atoms with van der Waals surface area (Å²) in [7, 11) is 0. The van der Waals surface area contributed by atoms with E-state index in [0.717, 1.165) is 0 Å². The minimum Gasteiger partial charge on any atom is -0.456 e. The van der Waals surface area contributed by atoms with Crippen molar-refractivity contribution in [1.29, 1.82) is 0 Å². The zero-order chi connectivity index (χ0) is 12.3. The smallest absolute Gasteiger partial charge is 0.339 e. The monoisotopic (exact) mass is 284 g/mol. The number of carbonyl (C=O) groups is 2. The second kappa shape index (κ2) is 4.78. The first-order chi connectivity index (χ1) is 7.35. The fraction of sp³-hybridized carbons (Fsp3) is 0.333. The topological polar surface area (TPSA) is 43.4 Å². The predicted octanol–water partition coefficient (Wildman–Crippen LogP) is 3.22. The molecule has 1 rings (SSSR count). The van der Waals surface area contributed by atoms with Gasteiger partial charge in [-0.25, -0.2) is 4.79 Å². The first-order valence-corrected chi connectivity index (χ1v) is 5.61. The van der Waals surface area contributed by atoms with Gasteiger partial charge in [0.2, 0.25) is 0 Å². The van der Waals surface area contributed by atoms with E-state index in [1.54, 1.807) is 39.0 Å². The number of ether oxygens (including phenoxy) is 1. The third-order valence-electron chi connectivity index (χ3n) is 1.77. The number of aldehydes is 1. The van der Waals surface area contributed by atoms with E-state index in [1.165, 1.54) is 0 Å². The maximum Gasteiger partial charge on any atom is 0.339 e. The zero-order valence-corrected chi connectivity index (χ0v) is 11.0. The van der Waals surface area contributed by atoms with Crippen LogP contribution >= 0.6 is 15.9 Å². The summed E-state index contributed by atoms with van der Waals surface area (Å²) >= 11 is 3.22. The van der Waals surface area contributed by atoms with Crippen LogP contribution in [0.2, 0.25) is 0 Å². The van der Waals surface area contributed by atoms with Gasteiger partial charge in [0, 0.05) is 10.0 Å². The summed E-state index contributed by atoms with van der Waals surface area (Å²) in [4.78, 5) is 22.5. The van der Waals surface area contributed by atoms with E-state index in [0.29, 0.717) is 21.9 Å². The van der Waals surface area contributed by atoms with Crippen molar-refractivity contribution in [2.24, 2.45) is 0 Å². The fourth-order valence-corrected chi connectivity index (χ4v) is 1.65. The van der Waals surface area contributed by atoms with Crippen LogP contribution in [0.25, 0.3) is 0 Å². The average molecular weight is 285 g/mol. The second-order valence-electron chi connectivity index (χ2n) is 4.33. The Morgan fingerprint density at radius 1 is 1.38 bits per heavy atom. The van der Waals surface area contributed by atoms with Crippen LogP contribution in [0.4, 0.5) is 0 Å². The lowest BCUT2D eigenvalue weighted by Gasteiger charge is -2.20. The molecular weight excluding hydrogens is 272 g/mol. The Hall–Kier alpha value is -1.16. The SMILES string of the molecule is CC(C)(C)OC(=O)c1cccc(C=O)c1Br. The molecule has 0 N–H and O–H groups in total. The van der Waals surface area contributed by atoms with Gasteiger partial charge in [-0.15, -0.1) is 0 Å². The summed E-state index contributed by atoms with van der Waals surface area (Å²) in [6.07, 6.45) is 0.692. The fourth-order valence-electron chi connectivity index (χ4n) is 1.13. The molecule has 1 aromatic carbocycles. The van der Waals surface area contributed by atoms with Gasteiger partial charge in [0.25, 0.3) is 0 Å². The van der Waals surface area contributed by atoms with E-state index in [1.807, 2.05) is 0 Å². The van der Waals surface area contributed by atoms with E-state index in [2.05, 4.69) is 15.9 Å². The maximum absolute atomic E-state index is 11.8. The predicted molar refractivity (Wildman–Crippen MR) is 64.7 cm³/mol. The molecule has 0 aliphatic rings. The largest absolute Gasteiger partial charge is 0.456 e.